The molecule has 6 heteroatoms. The summed E-state index contributed by atoms with van der Waals surface area (Å²) in [6.07, 6.45) is 3.56. The number of pyridine rings is 1. The lowest BCUT2D eigenvalue weighted by Crippen LogP contribution is -2.33. The van der Waals surface area contributed by atoms with E-state index < -0.39 is 0 Å². The normalized spacial score (nSPS) is 15.3. The molecule has 142 valence electrons. The number of nitrogens with one attached hydrogen (secondary N) is 1. The summed E-state index contributed by atoms with van der Waals surface area (Å²) in [7, 11) is 1.81. The fourth-order valence-corrected chi connectivity index (χ4v) is 3.83. The molecule has 0 saturated carbocycles. The summed E-state index contributed by atoms with van der Waals surface area (Å²) in [5.41, 5.74) is 3.76. The van der Waals surface area contributed by atoms with Gasteiger partial charge in [0.2, 0.25) is 5.91 Å². The standard InChI is InChI=1S/C22H22N4O2/c1-14-17(22(28)25-21(24-14)18-9-5-6-12-23-18)13-20(27)26(2)19-11-10-15-7-3-4-8-16(15)19/h3-9,12,19H,10-11,13H2,1-2H3,(H,24,25,28)/t19-/m0/s1. The molecular weight excluding hydrogens is 352 g/mol. The summed E-state index contributed by atoms with van der Waals surface area (Å²) in [6.45, 7) is 1.76. The molecule has 0 aliphatic heterocycles. The third-order valence-corrected chi connectivity index (χ3v) is 5.42. The van der Waals surface area contributed by atoms with Gasteiger partial charge in [-0.2, -0.15) is 0 Å². The van der Waals surface area contributed by atoms with Crippen LogP contribution in [0.3, 0.4) is 0 Å². The Morgan fingerprint density at radius 1 is 1.21 bits per heavy atom. The molecule has 0 unspecified atom stereocenters. The molecule has 1 aromatic carbocycles. The van der Waals surface area contributed by atoms with Gasteiger partial charge in [0.25, 0.3) is 5.56 Å². The zero-order valence-corrected chi connectivity index (χ0v) is 16.0. The number of rotatable bonds is 4. The number of hydrogen-bond donors (Lipinski definition) is 1. The van der Waals surface area contributed by atoms with E-state index in [9.17, 15) is 9.59 Å². The first-order chi connectivity index (χ1) is 13.5. The van der Waals surface area contributed by atoms with Crippen LogP contribution in [0, 0.1) is 6.92 Å². The summed E-state index contributed by atoms with van der Waals surface area (Å²) < 4.78 is 0. The largest absolute Gasteiger partial charge is 0.338 e. The highest BCUT2D eigenvalue weighted by molar-refractivity contribution is 5.79. The van der Waals surface area contributed by atoms with Crippen LogP contribution in [0.4, 0.5) is 0 Å². The molecule has 1 atom stereocenters. The molecule has 0 radical (unpaired) electrons. The van der Waals surface area contributed by atoms with Gasteiger partial charge in [0, 0.05) is 24.5 Å². The Balaban J connectivity index is 1.56. The van der Waals surface area contributed by atoms with Gasteiger partial charge in [0.1, 0.15) is 5.69 Å². The monoisotopic (exact) mass is 374 g/mol. The smallest absolute Gasteiger partial charge is 0.255 e. The molecule has 1 N–H and O–H groups in total. The number of nitrogens with zero attached hydrogens (tertiary/aromatic N) is 3. The Kier molecular flexibility index (Phi) is 4.77. The van der Waals surface area contributed by atoms with Crippen LogP contribution in [0.2, 0.25) is 0 Å². The van der Waals surface area contributed by atoms with Gasteiger partial charge < -0.3 is 9.88 Å². The van der Waals surface area contributed by atoms with Crippen LogP contribution >= 0.6 is 0 Å². The van der Waals surface area contributed by atoms with E-state index in [4.69, 9.17) is 0 Å². The second-order valence-corrected chi connectivity index (χ2v) is 7.13. The lowest BCUT2D eigenvalue weighted by atomic mass is 10.1. The van der Waals surface area contributed by atoms with Crippen molar-refractivity contribution in [3.63, 3.8) is 0 Å². The number of aryl methyl sites for hydroxylation is 2. The highest BCUT2D eigenvalue weighted by Gasteiger charge is 2.29. The number of carbonyl (C=O) groups excluding carboxylic acids is 1. The van der Waals surface area contributed by atoms with Crippen molar-refractivity contribution in [1.82, 2.24) is 19.9 Å². The summed E-state index contributed by atoms with van der Waals surface area (Å²) in [6, 6.07) is 13.7. The van der Waals surface area contributed by atoms with Crippen molar-refractivity contribution in [3.8, 4) is 11.5 Å². The first kappa shape index (κ1) is 18.1. The van der Waals surface area contributed by atoms with Crippen LogP contribution in [0.25, 0.3) is 11.5 Å². The van der Waals surface area contributed by atoms with E-state index in [2.05, 4.69) is 27.1 Å². The molecule has 1 aliphatic carbocycles. The molecule has 6 nitrogen and oxygen atoms in total. The van der Waals surface area contributed by atoms with Gasteiger partial charge in [-0.3, -0.25) is 14.6 Å². The fourth-order valence-electron chi connectivity index (χ4n) is 3.83. The van der Waals surface area contributed by atoms with Crippen molar-refractivity contribution >= 4 is 5.91 Å². The average molecular weight is 374 g/mol. The van der Waals surface area contributed by atoms with Gasteiger partial charge in [0.15, 0.2) is 5.82 Å². The molecule has 0 fully saturated rings. The van der Waals surface area contributed by atoms with Crippen LogP contribution in [-0.4, -0.2) is 32.8 Å². The lowest BCUT2D eigenvalue weighted by molar-refractivity contribution is -0.131. The first-order valence-corrected chi connectivity index (χ1v) is 9.39. The molecular formula is C22H22N4O2. The average Bonchev–Trinajstić information content (AvgIpc) is 3.14. The van der Waals surface area contributed by atoms with E-state index in [1.165, 1.54) is 11.1 Å². The van der Waals surface area contributed by atoms with Crippen molar-refractivity contribution in [2.75, 3.05) is 7.05 Å². The van der Waals surface area contributed by atoms with E-state index in [-0.39, 0.29) is 23.9 Å². The van der Waals surface area contributed by atoms with Crippen LogP contribution in [-0.2, 0) is 17.6 Å². The number of carbonyl (C=O) groups is 1. The van der Waals surface area contributed by atoms with Gasteiger partial charge in [-0.1, -0.05) is 30.3 Å². The Morgan fingerprint density at radius 3 is 2.75 bits per heavy atom. The number of aromatic amines is 1. The second kappa shape index (κ2) is 7.38. The zero-order chi connectivity index (χ0) is 19.7. The SMILES string of the molecule is Cc1nc(-c2ccccn2)[nH]c(=O)c1CC(=O)N(C)[C@H]1CCc2ccccc21. The number of H-pyrrole nitrogens is 1. The van der Waals surface area contributed by atoms with Crippen LogP contribution < -0.4 is 5.56 Å². The lowest BCUT2D eigenvalue weighted by Gasteiger charge is -2.25. The molecule has 1 amide bonds. The molecule has 1 aliphatic rings. The molecule has 0 spiro atoms. The van der Waals surface area contributed by atoms with Crippen molar-refractivity contribution in [1.29, 1.82) is 0 Å². The number of likely N-dealkylation sites (N-methyl/N-ethyl adjacent to an activating group) is 1. The molecule has 2 heterocycles. The maximum Gasteiger partial charge on any atom is 0.255 e. The summed E-state index contributed by atoms with van der Waals surface area (Å²) in [4.78, 5) is 38.7. The third kappa shape index (κ3) is 3.33. The molecule has 4 rings (SSSR count). The van der Waals surface area contributed by atoms with Crippen molar-refractivity contribution < 1.29 is 4.79 Å². The maximum absolute atomic E-state index is 12.9. The quantitative estimate of drug-likeness (QED) is 0.762. The topological polar surface area (TPSA) is 79.0 Å². The molecule has 3 aromatic rings. The Labute approximate surface area is 163 Å². The number of aromatic nitrogens is 3. The summed E-state index contributed by atoms with van der Waals surface area (Å²) in [5.74, 6) is 0.333. The highest BCUT2D eigenvalue weighted by Crippen LogP contribution is 2.35. The van der Waals surface area contributed by atoms with Gasteiger partial charge in [-0.15, -0.1) is 0 Å². The predicted molar refractivity (Wildman–Crippen MR) is 107 cm³/mol. The van der Waals surface area contributed by atoms with E-state index >= 15 is 0 Å². The van der Waals surface area contributed by atoms with Crippen LogP contribution in [0.1, 0.15) is 34.8 Å². The minimum atomic E-state index is -0.290. The van der Waals surface area contributed by atoms with E-state index in [0.29, 0.717) is 22.8 Å². The third-order valence-electron chi connectivity index (χ3n) is 5.42. The Bertz CT molecular complexity index is 1080. The number of amides is 1. The van der Waals surface area contributed by atoms with Gasteiger partial charge in [0.05, 0.1) is 12.5 Å². The fraction of sp³-hybridized carbons (Fsp3) is 0.273. The van der Waals surface area contributed by atoms with Crippen LogP contribution in [0.5, 0.6) is 0 Å². The van der Waals surface area contributed by atoms with E-state index in [0.717, 1.165) is 12.8 Å². The minimum absolute atomic E-state index is 0.0336. The molecule has 2 aromatic heterocycles. The maximum atomic E-state index is 12.9. The Hall–Kier alpha value is -3.28. The summed E-state index contributed by atoms with van der Waals surface area (Å²) >= 11 is 0. The highest BCUT2D eigenvalue weighted by atomic mass is 16.2. The molecule has 0 saturated heterocycles. The van der Waals surface area contributed by atoms with E-state index in [1.54, 1.807) is 30.2 Å². The second-order valence-electron chi connectivity index (χ2n) is 7.13. The van der Waals surface area contributed by atoms with Gasteiger partial charge in [-0.05, 0) is 43.0 Å². The van der Waals surface area contributed by atoms with Crippen molar-refractivity contribution in [2.45, 2.75) is 32.2 Å². The van der Waals surface area contributed by atoms with Crippen molar-refractivity contribution in [2.24, 2.45) is 0 Å². The summed E-state index contributed by atoms with van der Waals surface area (Å²) in [5, 5.41) is 0. The Morgan fingerprint density at radius 2 is 2.00 bits per heavy atom. The minimum Gasteiger partial charge on any atom is -0.338 e. The molecule has 28 heavy (non-hydrogen) atoms. The van der Waals surface area contributed by atoms with Crippen molar-refractivity contribution in [3.05, 3.63) is 81.4 Å². The molecule has 0 bridgehead atoms. The predicted octanol–water partition coefficient (Wildman–Crippen LogP) is 2.83. The van der Waals surface area contributed by atoms with E-state index in [1.807, 2.05) is 25.2 Å². The van der Waals surface area contributed by atoms with Gasteiger partial charge >= 0.3 is 0 Å². The zero-order valence-electron chi connectivity index (χ0n) is 16.0. The number of fused-ring (bicyclic) bond motifs is 1. The first-order valence-electron chi connectivity index (χ1n) is 9.39. The number of hydrogen-bond acceptors (Lipinski definition) is 4. The van der Waals surface area contributed by atoms with Gasteiger partial charge in [-0.25, -0.2) is 4.98 Å². The number of benzene rings is 1. The van der Waals surface area contributed by atoms with Crippen LogP contribution in [0.15, 0.2) is 53.5 Å².